The van der Waals surface area contributed by atoms with E-state index in [1.807, 2.05) is 18.2 Å². The molecule has 2 N–H and O–H groups in total. The van der Waals surface area contributed by atoms with E-state index >= 15 is 0 Å². The van der Waals surface area contributed by atoms with Crippen LogP contribution >= 0.6 is 22.6 Å². The van der Waals surface area contributed by atoms with Gasteiger partial charge in [-0.05, 0) is 59.4 Å². The molecular formula is C15H17IN2O2. The molecule has 2 saturated carbocycles. The zero-order valence-electron chi connectivity index (χ0n) is 11.1. The van der Waals surface area contributed by atoms with Gasteiger partial charge in [-0.15, -0.1) is 0 Å². The van der Waals surface area contributed by atoms with Crippen LogP contribution in [0.15, 0.2) is 24.3 Å². The Hall–Kier alpha value is -1.11. The summed E-state index contributed by atoms with van der Waals surface area (Å²) in [6.45, 7) is 0. The highest BCUT2D eigenvalue weighted by Gasteiger charge is 2.54. The third-order valence-corrected chi connectivity index (χ3v) is 5.32. The van der Waals surface area contributed by atoms with Crippen LogP contribution in [0.2, 0.25) is 0 Å². The highest BCUT2D eigenvalue weighted by Crippen LogP contribution is 2.55. The maximum atomic E-state index is 12.1. The van der Waals surface area contributed by atoms with Gasteiger partial charge < -0.3 is 0 Å². The van der Waals surface area contributed by atoms with E-state index in [1.165, 1.54) is 12.8 Å². The molecule has 1 aromatic rings. The fraction of sp³-hybridized carbons (Fsp3) is 0.467. The van der Waals surface area contributed by atoms with E-state index in [0.29, 0.717) is 17.4 Å². The minimum absolute atomic E-state index is 0.0267. The van der Waals surface area contributed by atoms with E-state index in [1.54, 1.807) is 6.07 Å². The molecule has 106 valence electrons. The summed E-state index contributed by atoms with van der Waals surface area (Å²) >= 11 is 2.11. The molecule has 3 rings (SSSR count). The average molecular weight is 384 g/mol. The predicted molar refractivity (Wildman–Crippen MR) is 83.7 cm³/mol. The first-order chi connectivity index (χ1) is 9.68. The zero-order chi connectivity index (χ0) is 14.1. The SMILES string of the molecule is O=C(NNC(=O)C1C2CCCCC21)c1ccccc1I. The summed E-state index contributed by atoms with van der Waals surface area (Å²) in [5, 5.41) is 0. The van der Waals surface area contributed by atoms with Crippen LogP contribution in [-0.2, 0) is 4.79 Å². The van der Waals surface area contributed by atoms with Gasteiger partial charge in [0.15, 0.2) is 0 Å². The Morgan fingerprint density at radius 2 is 1.70 bits per heavy atom. The van der Waals surface area contributed by atoms with Crippen molar-refractivity contribution < 1.29 is 9.59 Å². The number of hydrazine groups is 1. The van der Waals surface area contributed by atoms with Crippen molar-refractivity contribution in [2.24, 2.45) is 17.8 Å². The Morgan fingerprint density at radius 1 is 1.05 bits per heavy atom. The number of carbonyl (C=O) groups excluding carboxylic acids is 2. The molecule has 2 atom stereocenters. The molecular weight excluding hydrogens is 367 g/mol. The third kappa shape index (κ3) is 2.68. The fourth-order valence-corrected chi connectivity index (χ4v) is 3.93. The molecule has 0 aromatic heterocycles. The lowest BCUT2D eigenvalue weighted by Gasteiger charge is -2.08. The summed E-state index contributed by atoms with van der Waals surface area (Å²) in [4.78, 5) is 24.1. The third-order valence-electron chi connectivity index (χ3n) is 4.38. The quantitative estimate of drug-likeness (QED) is 0.608. The van der Waals surface area contributed by atoms with Crippen molar-refractivity contribution in [2.45, 2.75) is 25.7 Å². The average Bonchev–Trinajstić information content (AvgIpc) is 3.19. The highest BCUT2D eigenvalue weighted by molar-refractivity contribution is 14.1. The van der Waals surface area contributed by atoms with E-state index in [9.17, 15) is 9.59 Å². The first-order valence-electron chi connectivity index (χ1n) is 7.03. The van der Waals surface area contributed by atoms with Gasteiger partial charge in [-0.3, -0.25) is 20.4 Å². The Balaban J connectivity index is 1.54. The van der Waals surface area contributed by atoms with Crippen LogP contribution in [0.4, 0.5) is 0 Å². The molecule has 0 saturated heterocycles. The highest BCUT2D eigenvalue weighted by atomic mass is 127. The summed E-state index contributed by atoms with van der Waals surface area (Å²) in [5.74, 6) is 0.941. The van der Waals surface area contributed by atoms with Crippen molar-refractivity contribution in [3.63, 3.8) is 0 Å². The van der Waals surface area contributed by atoms with Crippen molar-refractivity contribution in [2.75, 3.05) is 0 Å². The lowest BCUT2D eigenvalue weighted by Crippen LogP contribution is -2.43. The minimum atomic E-state index is -0.257. The van der Waals surface area contributed by atoms with Crippen molar-refractivity contribution in [3.05, 3.63) is 33.4 Å². The number of benzene rings is 1. The van der Waals surface area contributed by atoms with Crippen LogP contribution in [0.1, 0.15) is 36.0 Å². The molecule has 1 aromatic carbocycles. The number of nitrogens with one attached hydrogen (secondary N) is 2. The maximum Gasteiger partial charge on any atom is 0.270 e. The Labute approximate surface area is 131 Å². The van der Waals surface area contributed by atoms with E-state index in [2.05, 4.69) is 33.4 Å². The summed E-state index contributed by atoms with van der Waals surface area (Å²) in [5.41, 5.74) is 5.70. The van der Waals surface area contributed by atoms with Crippen molar-refractivity contribution in [1.29, 1.82) is 0 Å². The monoisotopic (exact) mass is 384 g/mol. The Bertz CT molecular complexity index is 534. The molecule has 0 bridgehead atoms. The Kier molecular flexibility index (Phi) is 3.96. The lowest BCUT2D eigenvalue weighted by atomic mass is 10.0. The second-order valence-electron chi connectivity index (χ2n) is 5.56. The molecule has 0 radical (unpaired) electrons. The van der Waals surface area contributed by atoms with Crippen LogP contribution in [0.5, 0.6) is 0 Å². The second kappa shape index (κ2) is 5.71. The van der Waals surface area contributed by atoms with Gasteiger partial charge in [-0.25, -0.2) is 0 Å². The summed E-state index contributed by atoms with van der Waals surface area (Å²) in [6.07, 6.45) is 4.79. The normalized spacial score (nSPS) is 27.4. The van der Waals surface area contributed by atoms with Gasteiger partial charge in [-0.1, -0.05) is 25.0 Å². The van der Waals surface area contributed by atoms with Crippen molar-refractivity contribution >= 4 is 34.4 Å². The van der Waals surface area contributed by atoms with Gasteiger partial charge in [-0.2, -0.15) is 0 Å². The second-order valence-corrected chi connectivity index (χ2v) is 6.72. The van der Waals surface area contributed by atoms with Crippen LogP contribution in [0.25, 0.3) is 0 Å². The van der Waals surface area contributed by atoms with Crippen LogP contribution in [0, 0.1) is 21.3 Å². The van der Waals surface area contributed by atoms with Crippen LogP contribution in [-0.4, -0.2) is 11.8 Å². The number of hydrogen-bond donors (Lipinski definition) is 2. The maximum absolute atomic E-state index is 12.1. The molecule has 0 heterocycles. The molecule has 0 aliphatic heterocycles. The van der Waals surface area contributed by atoms with Crippen molar-refractivity contribution in [1.82, 2.24) is 10.9 Å². The lowest BCUT2D eigenvalue weighted by molar-refractivity contribution is -0.123. The van der Waals surface area contributed by atoms with Crippen LogP contribution in [0.3, 0.4) is 0 Å². The smallest absolute Gasteiger partial charge is 0.270 e. The molecule has 20 heavy (non-hydrogen) atoms. The van der Waals surface area contributed by atoms with Crippen LogP contribution < -0.4 is 10.9 Å². The van der Waals surface area contributed by atoms with Gasteiger partial charge in [0, 0.05) is 9.49 Å². The molecule has 2 aliphatic carbocycles. The van der Waals surface area contributed by atoms with Crippen molar-refractivity contribution in [3.8, 4) is 0 Å². The molecule has 2 aliphatic rings. The largest absolute Gasteiger partial charge is 0.273 e. The number of carbonyl (C=O) groups is 2. The first kappa shape index (κ1) is 13.9. The number of halogens is 1. The van der Waals surface area contributed by atoms with Gasteiger partial charge in [0.1, 0.15) is 0 Å². The number of rotatable bonds is 2. The standard InChI is InChI=1S/C15H17IN2O2/c16-12-8-4-3-7-11(12)14(19)17-18-15(20)13-9-5-1-2-6-10(9)13/h3-4,7-10,13H,1-2,5-6H2,(H,17,19)(H,18,20). The molecule has 5 heteroatoms. The molecule has 2 unspecified atom stereocenters. The summed E-state index contributed by atoms with van der Waals surface area (Å²) < 4.78 is 0.872. The zero-order valence-corrected chi connectivity index (χ0v) is 13.2. The summed E-state index contributed by atoms with van der Waals surface area (Å²) in [7, 11) is 0. The van der Waals surface area contributed by atoms with E-state index < -0.39 is 0 Å². The first-order valence-corrected chi connectivity index (χ1v) is 8.11. The number of amides is 2. The minimum Gasteiger partial charge on any atom is -0.273 e. The fourth-order valence-electron chi connectivity index (χ4n) is 3.30. The Morgan fingerprint density at radius 3 is 2.35 bits per heavy atom. The van der Waals surface area contributed by atoms with E-state index in [4.69, 9.17) is 0 Å². The topological polar surface area (TPSA) is 58.2 Å². The molecule has 0 spiro atoms. The molecule has 4 nitrogen and oxygen atoms in total. The number of fused-ring (bicyclic) bond motifs is 1. The van der Waals surface area contributed by atoms with Gasteiger partial charge >= 0.3 is 0 Å². The van der Waals surface area contributed by atoms with E-state index in [-0.39, 0.29) is 17.7 Å². The van der Waals surface area contributed by atoms with Gasteiger partial charge in [0.25, 0.3) is 5.91 Å². The molecule has 2 amide bonds. The van der Waals surface area contributed by atoms with Gasteiger partial charge in [0.05, 0.1) is 5.56 Å². The number of hydrogen-bond acceptors (Lipinski definition) is 2. The summed E-state index contributed by atoms with van der Waals surface area (Å²) in [6, 6.07) is 7.31. The van der Waals surface area contributed by atoms with E-state index in [0.717, 1.165) is 16.4 Å². The predicted octanol–water partition coefficient (Wildman–Crippen LogP) is 2.49. The van der Waals surface area contributed by atoms with Gasteiger partial charge in [0.2, 0.25) is 5.91 Å². The molecule has 2 fully saturated rings.